The second-order valence-corrected chi connectivity index (χ2v) is 4.81. The van der Waals surface area contributed by atoms with Gasteiger partial charge in [0.15, 0.2) is 11.3 Å². The van der Waals surface area contributed by atoms with E-state index in [-0.39, 0.29) is 6.04 Å². The number of methoxy groups -OCH3 is 1. The maximum Gasteiger partial charge on any atom is 0.176 e. The van der Waals surface area contributed by atoms with Gasteiger partial charge in [-0.3, -0.25) is 0 Å². The molecule has 0 aliphatic carbocycles. The molecule has 0 saturated carbocycles. The molecular weight excluding hydrogens is 226 g/mol. The summed E-state index contributed by atoms with van der Waals surface area (Å²) >= 11 is 0. The monoisotopic (exact) mass is 247 g/mol. The van der Waals surface area contributed by atoms with Crippen LogP contribution in [0.15, 0.2) is 28.7 Å². The average Bonchev–Trinajstić information content (AvgIpc) is 2.78. The van der Waals surface area contributed by atoms with Crippen LogP contribution in [0.2, 0.25) is 0 Å². The van der Waals surface area contributed by atoms with E-state index in [1.165, 1.54) is 0 Å². The van der Waals surface area contributed by atoms with Gasteiger partial charge in [-0.1, -0.05) is 32.9 Å². The lowest BCUT2D eigenvalue weighted by molar-refractivity contribution is 0.350. The van der Waals surface area contributed by atoms with Crippen LogP contribution in [0.4, 0.5) is 0 Å². The molecule has 0 aliphatic rings. The van der Waals surface area contributed by atoms with Crippen molar-refractivity contribution < 1.29 is 9.15 Å². The molecule has 98 valence electrons. The Labute approximate surface area is 108 Å². The normalized spacial score (nSPS) is 13.2. The van der Waals surface area contributed by atoms with Crippen LogP contribution in [-0.2, 0) is 0 Å². The van der Waals surface area contributed by atoms with E-state index in [1.807, 2.05) is 18.2 Å². The molecule has 0 amide bonds. The fourth-order valence-electron chi connectivity index (χ4n) is 2.26. The summed E-state index contributed by atoms with van der Waals surface area (Å²) in [5.41, 5.74) is 0.832. The van der Waals surface area contributed by atoms with Gasteiger partial charge < -0.3 is 14.5 Å². The molecule has 3 heteroatoms. The predicted octanol–water partition coefficient (Wildman–Crippen LogP) is 3.75. The third kappa shape index (κ3) is 2.36. The van der Waals surface area contributed by atoms with E-state index in [4.69, 9.17) is 9.15 Å². The van der Waals surface area contributed by atoms with Gasteiger partial charge in [-0.15, -0.1) is 0 Å². The molecule has 18 heavy (non-hydrogen) atoms. The minimum absolute atomic E-state index is 0.243. The molecule has 0 spiro atoms. The second kappa shape index (κ2) is 5.44. The van der Waals surface area contributed by atoms with Gasteiger partial charge in [0.2, 0.25) is 0 Å². The van der Waals surface area contributed by atoms with Gasteiger partial charge in [-0.05, 0) is 24.6 Å². The lowest BCUT2D eigenvalue weighted by Gasteiger charge is -2.19. The summed E-state index contributed by atoms with van der Waals surface area (Å²) in [4.78, 5) is 0. The zero-order chi connectivity index (χ0) is 13.1. The van der Waals surface area contributed by atoms with Crippen molar-refractivity contribution in [3.05, 3.63) is 30.0 Å². The van der Waals surface area contributed by atoms with E-state index in [9.17, 15) is 0 Å². The molecule has 0 bridgehead atoms. The van der Waals surface area contributed by atoms with Crippen LogP contribution in [-0.4, -0.2) is 13.7 Å². The Kier molecular flexibility index (Phi) is 3.92. The van der Waals surface area contributed by atoms with Crippen LogP contribution in [0.3, 0.4) is 0 Å². The maximum absolute atomic E-state index is 5.98. The number of nitrogens with one attached hydrogen (secondary N) is 1. The third-order valence-electron chi connectivity index (χ3n) is 3.14. The van der Waals surface area contributed by atoms with Crippen molar-refractivity contribution >= 4 is 11.0 Å². The van der Waals surface area contributed by atoms with E-state index in [2.05, 4.69) is 32.2 Å². The molecule has 2 aromatic rings. The molecule has 1 heterocycles. The largest absolute Gasteiger partial charge is 0.493 e. The summed E-state index contributed by atoms with van der Waals surface area (Å²) in [6, 6.07) is 8.30. The molecule has 1 unspecified atom stereocenters. The topological polar surface area (TPSA) is 34.4 Å². The Balaban J connectivity index is 2.45. The summed E-state index contributed by atoms with van der Waals surface area (Å²) in [6.45, 7) is 7.42. The van der Waals surface area contributed by atoms with E-state index in [0.717, 1.165) is 29.0 Å². The summed E-state index contributed by atoms with van der Waals surface area (Å²) in [7, 11) is 1.67. The van der Waals surface area contributed by atoms with Crippen LogP contribution < -0.4 is 10.1 Å². The van der Waals surface area contributed by atoms with Crippen molar-refractivity contribution in [3.8, 4) is 5.75 Å². The minimum atomic E-state index is 0.243. The first-order valence-electron chi connectivity index (χ1n) is 6.47. The number of hydrogen-bond acceptors (Lipinski definition) is 3. The van der Waals surface area contributed by atoms with E-state index >= 15 is 0 Å². The lowest BCUT2D eigenvalue weighted by Crippen LogP contribution is -2.24. The fraction of sp³-hybridized carbons (Fsp3) is 0.467. The van der Waals surface area contributed by atoms with Crippen LogP contribution in [0, 0.1) is 5.92 Å². The molecule has 0 aliphatic heterocycles. The third-order valence-corrected chi connectivity index (χ3v) is 3.14. The van der Waals surface area contributed by atoms with Crippen LogP contribution in [0.1, 0.15) is 32.6 Å². The van der Waals surface area contributed by atoms with Crippen LogP contribution in [0.25, 0.3) is 11.0 Å². The Morgan fingerprint density at radius 1 is 1.33 bits per heavy atom. The number of furan rings is 1. The van der Waals surface area contributed by atoms with E-state index in [0.29, 0.717) is 5.92 Å². The molecule has 2 rings (SSSR count). The molecular formula is C15H21NO2. The molecule has 0 radical (unpaired) electrons. The highest BCUT2D eigenvalue weighted by Gasteiger charge is 2.19. The second-order valence-electron chi connectivity index (χ2n) is 4.81. The van der Waals surface area contributed by atoms with Crippen molar-refractivity contribution in [2.45, 2.75) is 26.8 Å². The highest BCUT2D eigenvalue weighted by molar-refractivity contribution is 5.83. The number of hydrogen-bond donors (Lipinski definition) is 1. The summed E-state index contributed by atoms with van der Waals surface area (Å²) in [6.07, 6.45) is 0. The lowest BCUT2D eigenvalue weighted by atomic mass is 10.0. The number of benzene rings is 1. The Morgan fingerprint density at radius 3 is 2.72 bits per heavy atom. The van der Waals surface area contributed by atoms with Crippen molar-refractivity contribution in [1.82, 2.24) is 5.32 Å². The SMILES string of the molecule is CCNC(c1cc2cccc(OC)c2o1)C(C)C. The zero-order valence-corrected chi connectivity index (χ0v) is 11.5. The van der Waals surface area contributed by atoms with E-state index in [1.54, 1.807) is 7.11 Å². The first-order valence-corrected chi connectivity index (χ1v) is 6.47. The average molecular weight is 247 g/mol. The zero-order valence-electron chi connectivity index (χ0n) is 11.5. The van der Waals surface area contributed by atoms with E-state index < -0.39 is 0 Å². The van der Waals surface area contributed by atoms with Crippen LogP contribution in [0.5, 0.6) is 5.75 Å². The van der Waals surface area contributed by atoms with Crippen molar-refractivity contribution in [1.29, 1.82) is 0 Å². The van der Waals surface area contributed by atoms with Gasteiger partial charge in [0, 0.05) is 5.39 Å². The first-order chi connectivity index (χ1) is 8.67. The number of para-hydroxylation sites is 1. The van der Waals surface area contributed by atoms with Gasteiger partial charge in [-0.2, -0.15) is 0 Å². The van der Waals surface area contributed by atoms with Crippen molar-refractivity contribution in [2.24, 2.45) is 5.92 Å². The Hall–Kier alpha value is -1.48. The van der Waals surface area contributed by atoms with Crippen molar-refractivity contribution in [2.75, 3.05) is 13.7 Å². The molecule has 0 fully saturated rings. The summed E-state index contributed by atoms with van der Waals surface area (Å²) in [5.74, 6) is 2.25. The predicted molar refractivity (Wildman–Crippen MR) is 74.0 cm³/mol. The highest BCUT2D eigenvalue weighted by atomic mass is 16.5. The number of rotatable bonds is 5. The van der Waals surface area contributed by atoms with Gasteiger partial charge in [-0.25, -0.2) is 0 Å². The molecule has 3 nitrogen and oxygen atoms in total. The quantitative estimate of drug-likeness (QED) is 0.873. The van der Waals surface area contributed by atoms with Gasteiger partial charge in [0.25, 0.3) is 0 Å². The van der Waals surface area contributed by atoms with Gasteiger partial charge in [0.05, 0.1) is 13.2 Å². The molecule has 1 aromatic heterocycles. The molecule has 1 aromatic carbocycles. The van der Waals surface area contributed by atoms with Crippen LogP contribution >= 0.6 is 0 Å². The first kappa shape index (κ1) is 13.0. The molecule has 0 saturated heterocycles. The summed E-state index contributed by atoms with van der Waals surface area (Å²) in [5, 5.41) is 4.55. The van der Waals surface area contributed by atoms with Crippen molar-refractivity contribution in [3.63, 3.8) is 0 Å². The van der Waals surface area contributed by atoms with Gasteiger partial charge in [0.1, 0.15) is 5.76 Å². The maximum atomic E-state index is 5.98. The Bertz CT molecular complexity index is 516. The molecule has 1 N–H and O–H groups in total. The molecule has 1 atom stereocenters. The number of fused-ring (bicyclic) bond motifs is 1. The Morgan fingerprint density at radius 2 is 2.11 bits per heavy atom. The van der Waals surface area contributed by atoms with Gasteiger partial charge >= 0.3 is 0 Å². The highest BCUT2D eigenvalue weighted by Crippen LogP contribution is 2.33. The number of ether oxygens (including phenoxy) is 1. The summed E-state index contributed by atoms with van der Waals surface area (Å²) < 4.78 is 11.3. The smallest absolute Gasteiger partial charge is 0.176 e. The fourth-order valence-corrected chi connectivity index (χ4v) is 2.26. The minimum Gasteiger partial charge on any atom is -0.493 e. The standard InChI is InChI=1S/C15H21NO2/c1-5-16-14(10(2)3)13-9-11-7-6-8-12(17-4)15(11)18-13/h6-10,14,16H,5H2,1-4H3.